The molecule has 0 atom stereocenters. The van der Waals surface area contributed by atoms with Gasteiger partial charge in [0, 0.05) is 6.61 Å². The van der Waals surface area contributed by atoms with Gasteiger partial charge in [-0.2, -0.15) is 0 Å². The van der Waals surface area contributed by atoms with E-state index in [-0.39, 0.29) is 0 Å². The van der Waals surface area contributed by atoms with E-state index < -0.39 is 0 Å². The van der Waals surface area contributed by atoms with Crippen molar-refractivity contribution in [2.45, 2.75) is 13.3 Å². The van der Waals surface area contributed by atoms with Crippen molar-refractivity contribution in [3.05, 3.63) is 29.8 Å². The van der Waals surface area contributed by atoms with Gasteiger partial charge in [-0.25, -0.2) is 0 Å². The van der Waals surface area contributed by atoms with Crippen molar-refractivity contribution in [2.24, 2.45) is 0 Å². The van der Waals surface area contributed by atoms with Crippen molar-refractivity contribution in [2.75, 3.05) is 33.4 Å². The molecule has 0 spiro atoms. The Morgan fingerprint density at radius 2 is 1.88 bits per heavy atom. The Kier molecular flexibility index (Phi) is 6.61. The first-order valence-electron chi connectivity index (χ1n) is 5.81. The van der Waals surface area contributed by atoms with Gasteiger partial charge < -0.3 is 14.8 Å². The molecule has 0 aliphatic carbocycles. The molecule has 90 valence electrons. The quantitative estimate of drug-likeness (QED) is 0.682. The highest BCUT2D eigenvalue weighted by molar-refractivity contribution is 5.27. The van der Waals surface area contributed by atoms with Crippen LogP contribution in [-0.4, -0.2) is 33.4 Å². The topological polar surface area (TPSA) is 30.5 Å². The van der Waals surface area contributed by atoms with Crippen LogP contribution in [0.1, 0.15) is 12.5 Å². The number of likely N-dealkylation sites (N-methyl/N-ethyl adjacent to an activating group) is 1. The SMILES string of the molecule is CCOCCOc1ccc(CCNC)cc1. The molecule has 0 amide bonds. The number of nitrogens with one attached hydrogen (secondary N) is 1. The number of benzene rings is 1. The first kappa shape index (κ1) is 13.0. The third-order valence-corrected chi connectivity index (χ3v) is 2.29. The van der Waals surface area contributed by atoms with Crippen molar-refractivity contribution in [1.82, 2.24) is 5.32 Å². The molecule has 0 unspecified atom stereocenters. The highest BCUT2D eigenvalue weighted by atomic mass is 16.5. The van der Waals surface area contributed by atoms with E-state index in [1.165, 1.54) is 5.56 Å². The van der Waals surface area contributed by atoms with Gasteiger partial charge in [0.2, 0.25) is 0 Å². The molecule has 3 heteroatoms. The maximum Gasteiger partial charge on any atom is 0.119 e. The lowest BCUT2D eigenvalue weighted by molar-refractivity contribution is 0.110. The van der Waals surface area contributed by atoms with Gasteiger partial charge in [0.1, 0.15) is 12.4 Å². The fourth-order valence-electron chi connectivity index (χ4n) is 1.38. The van der Waals surface area contributed by atoms with E-state index in [1.807, 2.05) is 26.1 Å². The van der Waals surface area contributed by atoms with Gasteiger partial charge in [0.05, 0.1) is 6.61 Å². The lowest BCUT2D eigenvalue weighted by Crippen LogP contribution is -2.10. The predicted octanol–water partition coefficient (Wildman–Crippen LogP) is 1.86. The van der Waals surface area contributed by atoms with Crippen LogP contribution in [0.5, 0.6) is 5.75 Å². The van der Waals surface area contributed by atoms with Crippen molar-refractivity contribution < 1.29 is 9.47 Å². The average molecular weight is 223 g/mol. The van der Waals surface area contributed by atoms with Gasteiger partial charge in [0.25, 0.3) is 0 Å². The summed E-state index contributed by atoms with van der Waals surface area (Å²) in [6, 6.07) is 8.23. The minimum Gasteiger partial charge on any atom is -0.491 e. The maximum atomic E-state index is 5.53. The maximum absolute atomic E-state index is 5.53. The summed E-state index contributed by atoms with van der Waals surface area (Å²) in [7, 11) is 1.96. The molecule has 3 nitrogen and oxygen atoms in total. The Labute approximate surface area is 97.8 Å². The monoisotopic (exact) mass is 223 g/mol. The van der Waals surface area contributed by atoms with Crippen LogP contribution in [0.2, 0.25) is 0 Å². The lowest BCUT2D eigenvalue weighted by atomic mass is 10.1. The molecule has 0 saturated carbocycles. The third kappa shape index (κ3) is 5.14. The van der Waals surface area contributed by atoms with Crippen LogP contribution < -0.4 is 10.1 Å². The van der Waals surface area contributed by atoms with E-state index in [1.54, 1.807) is 0 Å². The summed E-state index contributed by atoms with van der Waals surface area (Å²) in [6.07, 6.45) is 1.05. The largest absolute Gasteiger partial charge is 0.491 e. The van der Waals surface area contributed by atoms with Crippen LogP contribution in [0.25, 0.3) is 0 Å². The predicted molar refractivity (Wildman–Crippen MR) is 66.1 cm³/mol. The molecule has 0 bridgehead atoms. The first-order valence-corrected chi connectivity index (χ1v) is 5.81. The Morgan fingerprint density at radius 1 is 1.12 bits per heavy atom. The number of hydrogen-bond donors (Lipinski definition) is 1. The number of ether oxygens (including phenoxy) is 2. The molecule has 0 heterocycles. The molecule has 1 rings (SSSR count). The van der Waals surface area contributed by atoms with E-state index in [9.17, 15) is 0 Å². The third-order valence-electron chi connectivity index (χ3n) is 2.29. The summed E-state index contributed by atoms with van der Waals surface area (Å²) in [6.45, 7) is 5.00. The molecule has 0 saturated heterocycles. The van der Waals surface area contributed by atoms with Crippen LogP contribution >= 0.6 is 0 Å². The summed E-state index contributed by atoms with van der Waals surface area (Å²) in [4.78, 5) is 0. The molecule has 0 aliphatic rings. The number of rotatable bonds is 8. The second-order valence-corrected chi connectivity index (χ2v) is 3.54. The molecule has 1 aromatic carbocycles. The van der Waals surface area contributed by atoms with Crippen LogP contribution in [0.3, 0.4) is 0 Å². The van der Waals surface area contributed by atoms with Crippen LogP contribution in [0.4, 0.5) is 0 Å². The minimum absolute atomic E-state index is 0.615. The van der Waals surface area contributed by atoms with Gasteiger partial charge in [-0.1, -0.05) is 12.1 Å². The molecular formula is C13H21NO2. The van der Waals surface area contributed by atoms with Gasteiger partial charge in [-0.15, -0.1) is 0 Å². The van der Waals surface area contributed by atoms with Crippen LogP contribution in [-0.2, 0) is 11.2 Å². The second-order valence-electron chi connectivity index (χ2n) is 3.54. The fraction of sp³-hybridized carbons (Fsp3) is 0.538. The van der Waals surface area contributed by atoms with Crippen molar-refractivity contribution >= 4 is 0 Å². The molecule has 0 aromatic heterocycles. The summed E-state index contributed by atoms with van der Waals surface area (Å²) in [5, 5.41) is 3.13. The zero-order valence-corrected chi connectivity index (χ0v) is 10.2. The zero-order chi connectivity index (χ0) is 11.6. The molecule has 0 radical (unpaired) electrons. The zero-order valence-electron chi connectivity index (χ0n) is 10.2. The highest BCUT2D eigenvalue weighted by Gasteiger charge is 1.95. The van der Waals surface area contributed by atoms with Gasteiger partial charge in [-0.05, 0) is 44.6 Å². The molecule has 16 heavy (non-hydrogen) atoms. The highest BCUT2D eigenvalue weighted by Crippen LogP contribution is 2.12. The van der Waals surface area contributed by atoms with E-state index >= 15 is 0 Å². The molecular weight excluding hydrogens is 202 g/mol. The summed E-state index contributed by atoms with van der Waals surface area (Å²) >= 11 is 0. The van der Waals surface area contributed by atoms with Crippen LogP contribution in [0, 0.1) is 0 Å². The smallest absolute Gasteiger partial charge is 0.119 e. The van der Waals surface area contributed by atoms with E-state index in [0.717, 1.165) is 25.3 Å². The summed E-state index contributed by atoms with van der Waals surface area (Å²) < 4.78 is 10.7. The lowest BCUT2D eigenvalue weighted by Gasteiger charge is -2.07. The standard InChI is InChI=1S/C13H21NO2/c1-3-15-10-11-16-13-6-4-12(5-7-13)8-9-14-2/h4-7,14H,3,8-11H2,1-2H3. The van der Waals surface area contributed by atoms with Gasteiger partial charge >= 0.3 is 0 Å². The normalized spacial score (nSPS) is 10.4. The van der Waals surface area contributed by atoms with E-state index in [0.29, 0.717) is 13.2 Å². The van der Waals surface area contributed by atoms with Gasteiger partial charge in [-0.3, -0.25) is 0 Å². The summed E-state index contributed by atoms with van der Waals surface area (Å²) in [5.41, 5.74) is 1.33. The van der Waals surface area contributed by atoms with E-state index in [2.05, 4.69) is 17.4 Å². The average Bonchev–Trinajstić information content (AvgIpc) is 2.33. The minimum atomic E-state index is 0.615. The Morgan fingerprint density at radius 3 is 2.50 bits per heavy atom. The molecule has 0 aliphatic heterocycles. The first-order chi connectivity index (χ1) is 7.86. The molecule has 1 aromatic rings. The summed E-state index contributed by atoms with van der Waals surface area (Å²) in [5.74, 6) is 0.910. The van der Waals surface area contributed by atoms with Crippen molar-refractivity contribution in [1.29, 1.82) is 0 Å². The molecule has 0 fully saturated rings. The molecule has 1 N–H and O–H groups in total. The van der Waals surface area contributed by atoms with Crippen molar-refractivity contribution in [3.63, 3.8) is 0 Å². The number of hydrogen-bond acceptors (Lipinski definition) is 3. The van der Waals surface area contributed by atoms with E-state index in [4.69, 9.17) is 9.47 Å². The fourth-order valence-corrected chi connectivity index (χ4v) is 1.38. The van der Waals surface area contributed by atoms with Gasteiger partial charge in [0.15, 0.2) is 0 Å². The van der Waals surface area contributed by atoms with Crippen LogP contribution in [0.15, 0.2) is 24.3 Å². The van der Waals surface area contributed by atoms with Crippen molar-refractivity contribution in [3.8, 4) is 5.75 Å². The second kappa shape index (κ2) is 8.13. The Bertz CT molecular complexity index is 272. The Hall–Kier alpha value is -1.06. The Balaban J connectivity index is 2.27.